The van der Waals surface area contributed by atoms with E-state index in [1.54, 1.807) is 4.90 Å². The van der Waals surface area contributed by atoms with Crippen LogP contribution in [0.1, 0.15) is 51.3 Å². The molecular formula is C25H31N3O3. The van der Waals surface area contributed by atoms with Crippen LogP contribution in [-0.2, 0) is 20.9 Å². The van der Waals surface area contributed by atoms with E-state index < -0.39 is 0 Å². The number of amides is 3. The SMILES string of the molecule is CC(=O)Nc1cccc(C(C)N(Cc2ccccc2)C(=O)C2CC(=O)N(C(C)C)C2)c1. The summed E-state index contributed by atoms with van der Waals surface area (Å²) in [5.74, 6) is -0.467. The highest BCUT2D eigenvalue weighted by Crippen LogP contribution is 2.30. The number of nitrogens with one attached hydrogen (secondary N) is 1. The number of hydrogen-bond donors (Lipinski definition) is 1. The summed E-state index contributed by atoms with van der Waals surface area (Å²) < 4.78 is 0. The summed E-state index contributed by atoms with van der Waals surface area (Å²) in [6.45, 7) is 8.33. The van der Waals surface area contributed by atoms with Gasteiger partial charge in [0.15, 0.2) is 0 Å². The molecule has 1 aliphatic rings. The molecular weight excluding hydrogens is 390 g/mol. The van der Waals surface area contributed by atoms with E-state index in [2.05, 4.69) is 5.32 Å². The Morgan fingerprint density at radius 3 is 2.42 bits per heavy atom. The molecule has 2 aromatic rings. The minimum atomic E-state index is -0.348. The maximum absolute atomic E-state index is 13.6. The van der Waals surface area contributed by atoms with Gasteiger partial charge in [-0.15, -0.1) is 0 Å². The maximum Gasteiger partial charge on any atom is 0.228 e. The molecule has 0 radical (unpaired) electrons. The summed E-state index contributed by atoms with van der Waals surface area (Å²) in [6, 6.07) is 17.3. The Morgan fingerprint density at radius 1 is 1.10 bits per heavy atom. The third-order valence-corrected chi connectivity index (χ3v) is 5.77. The van der Waals surface area contributed by atoms with Crippen molar-refractivity contribution in [2.75, 3.05) is 11.9 Å². The summed E-state index contributed by atoms with van der Waals surface area (Å²) in [5, 5.41) is 2.80. The molecule has 6 heteroatoms. The molecule has 164 valence electrons. The fourth-order valence-electron chi connectivity index (χ4n) is 4.08. The molecule has 0 aromatic heterocycles. The lowest BCUT2D eigenvalue weighted by atomic mass is 10.0. The van der Waals surface area contributed by atoms with E-state index in [9.17, 15) is 14.4 Å². The van der Waals surface area contributed by atoms with Crippen LogP contribution in [0.15, 0.2) is 54.6 Å². The number of rotatable bonds is 7. The van der Waals surface area contributed by atoms with Crippen molar-refractivity contribution in [1.29, 1.82) is 0 Å². The van der Waals surface area contributed by atoms with Crippen molar-refractivity contribution >= 4 is 23.4 Å². The van der Waals surface area contributed by atoms with Crippen molar-refractivity contribution < 1.29 is 14.4 Å². The molecule has 1 fully saturated rings. The van der Waals surface area contributed by atoms with Crippen molar-refractivity contribution in [2.45, 2.75) is 52.7 Å². The molecule has 6 nitrogen and oxygen atoms in total. The number of benzene rings is 2. The summed E-state index contributed by atoms with van der Waals surface area (Å²) >= 11 is 0. The van der Waals surface area contributed by atoms with Gasteiger partial charge in [0.05, 0.1) is 12.0 Å². The maximum atomic E-state index is 13.6. The first-order valence-corrected chi connectivity index (χ1v) is 10.8. The van der Waals surface area contributed by atoms with Gasteiger partial charge in [-0.2, -0.15) is 0 Å². The second-order valence-corrected chi connectivity index (χ2v) is 8.48. The van der Waals surface area contributed by atoms with Gasteiger partial charge in [0.2, 0.25) is 17.7 Å². The van der Waals surface area contributed by atoms with Crippen molar-refractivity contribution in [3.63, 3.8) is 0 Å². The number of nitrogens with zero attached hydrogens (tertiary/aromatic N) is 2. The summed E-state index contributed by atoms with van der Waals surface area (Å²) in [5.41, 5.74) is 2.66. The first kappa shape index (κ1) is 22.5. The van der Waals surface area contributed by atoms with Gasteiger partial charge in [-0.3, -0.25) is 14.4 Å². The third-order valence-electron chi connectivity index (χ3n) is 5.77. The minimum Gasteiger partial charge on any atom is -0.339 e. The number of anilines is 1. The highest BCUT2D eigenvalue weighted by atomic mass is 16.2. The lowest BCUT2D eigenvalue weighted by Crippen LogP contribution is -2.39. The van der Waals surface area contributed by atoms with Crippen LogP contribution in [0, 0.1) is 5.92 Å². The van der Waals surface area contributed by atoms with Crippen molar-refractivity contribution in [3.05, 3.63) is 65.7 Å². The highest BCUT2D eigenvalue weighted by Gasteiger charge is 2.38. The molecule has 3 amide bonds. The lowest BCUT2D eigenvalue weighted by Gasteiger charge is -2.32. The second-order valence-electron chi connectivity index (χ2n) is 8.48. The van der Waals surface area contributed by atoms with Crippen LogP contribution in [0.2, 0.25) is 0 Å². The van der Waals surface area contributed by atoms with Crippen LogP contribution in [0.3, 0.4) is 0 Å². The van der Waals surface area contributed by atoms with Crippen LogP contribution in [0.25, 0.3) is 0 Å². The normalized spacial score (nSPS) is 17.0. The third kappa shape index (κ3) is 5.51. The predicted molar refractivity (Wildman–Crippen MR) is 121 cm³/mol. The number of carbonyl (C=O) groups is 3. The molecule has 0 spiro atoms. The van der Waals surface area contributed by atoms with E-state index in [0.29, 0.717) is 18.8 Å². The largest absolute Gasteiger partial charge is 0.339 e. The molecule has 1 saturated heterocycles. The smallest absolute Gasteiger partial charge is 0.228 e. The quantitative estimate of drug-likeness (QED) is 0.735. The van der Waals surface area contributed by atoms with Crippen LogP contribution in [0.4, 0.5) is 5.69 Å². The fourth-order valence-corrected chi connectivity index (χ4v) is 4.08. The Bertz CT molecular complexity index is 942. The van der Waals surface area contributed by atoms with E-state index >= 15 is 0 Å². The Morgan fingerprint density at radius 2 is 1.81 bits per heavy atom. The van der Waals surface area contributed by atoms with Gasteiger partial charge in [-0.1, -0.05) is 42.5 Å². The standard InChI is InChI=1S/C25H31N3O3/c1-17(2)27-16-22(14-24(27)30)25(31)28(15-20-9-6-5-7-10-20)18(3)21-11-8-12-23(13-21)26-19(4)29/h5-13,17-18,22H,14-16H2,1-4H3,(H,26,29). The van der Waals surface area contributed by atoms with Gasteiger partial charge >= 0.3 is 0 Å². The van der Waals surface area contributed by atoms with E-state index in [1.165, 1.54) is 6.92 Å². The van der Waals surface area contributed by atoms with Gasteiger partial charge < -0.3 is 15.1 Å². The molecule has 1 heterocycles. The summed E-state index contributed by atoms with van der Waals surface area (Å²) in [6.07, 6.45) is 0.251. The van der Waals surface area contributed by atoms with E-state index in [4.69, 9.17) is 0 Å². The monoisotopic (exact) mass is 421 g/mol. The minimum absolute atomic E-state index is 0.0159. The molecule has 0 aliphatic carbocycles. The number of hydrogen-bond acceptors (Lipinski definition) is 3. The van der Waals surface area contributed by atoms with Crippen LogP contribution in [-0.4, -0.2) is 40.1 Å². The molecule has 1 aliphatic heterocycles. The van der Waals surface area contributed by atoms with Crippen molar-refractivity contribution in [2.24, 2.45) is 5.92 Å². The molecule has 1 N–H and O–H groups in total. The van der Waals surface area contributed by atoms with Gasteiger partial charge in [0.1, 0.15) is 0 Å². The first-order valence-electron chi connectivity index (χ1n) is 10.8. The van der Waals surface area contributed by atoms with E-state index in [-0.39, 0.29) is 42.1 Å². The zero-order valence-electron chi connectivity index (χ0n) is 18.7. The number of carbonyl (C=O) groups excluding carboxylic acids is 3. The van der Waals surface area contributed by atoms with E-state index in [1.807, 2.05) is 80.3 Å². The Hall–Kier alpha value is -3.15. The summed E-state index contributed by atoms with van der Waals surface area (Å²) in [4.78, 5) is 41.1. The Kier molecular flexibility index (Phi) is 7.10. The van der Waals surface area contributed by atoms with E-state index in [0.717, 1.165) is 11.1 Å². The predicted octanol–water partition coefficient (Wildman–Crippen LogP) is 3.99. The zero-order valence-corrected chi connectivity index (χ0v) is 18.7. The van der Waals surface area contributed by atoms with Crippen molar-refractivity contribution in [3.8, 4) is 0 Å². The average molecular weight is 422 g/mol. The van der Waals surface area contributed by atoms with Crippen LogP contribution < -0.4 is 5.32 Å². The van der Waals surface area contributed by atoms with Crippen LogP contribution >= 0.6 is 0 Å². The molecule has 0 bridgehead atoms. The van der Waals surface area contributed by atoms with Gasteiger partial charge in [0, 0.05) is 38.2 Å². The number of likely N-dealkylation sites (tertiary alicyclic amines) is 1. The van der Waals surface area contributed by atoms with Gasteiger partial charge in [-0.25, -0.2) is 0 Å². The molecule has 3 rings (SSSR count). The second kappa shape index (κ2) is 9.77. The molecule has 2 unspecified atom stereocenters. The summed E-state index contributed by atoms with van der Waals surface area (Å²) in [7, 11) is 0. The molecule has 2 atom stereocenters. The highest BCUT2D eigenvalue weighted by molar-refractivity contribution is 5.90. The zero-order chi connectivity index (χ0) is 22.5. The first-order chi connectivity index (χ1) is 14.8. The Labute approximate surface area is 184 Å². The fraction of sp³-hybridized carbons (Fsp3) is 0.400. The van der Waals surface area contributed by atoms with Gasteiger partial charge in [-0.05, 0) is 44.0 Å². The van der Waals surface area contributed by atoms with Crippen molar-refractivity contribution in [1.82, 2.24) is 9.80 Å². The lowest BCUT2D eigenvalue weighted by molar-refractivity contribution is -0.138. The molecule has 31 heavy (non-hydrogen) atoms. The average Bonchev–Trinajstić information content (AvgIpc) is 3.13. The van der Waals surface area contributed by atoms with Gasteiger partial charge in [0.25, 0.3) is 0 Å². The molecule has 2 aromatic carbocycles. The Balaban J connectivity index is 1.88. The molecule has 0 saturated carbocycles. The van der Waals surface area contributed by atoms with Crippen LogP contribution in [0.5, 0.6) is 0 Å². The topological polar surface area (TPSA) is 69.7 Å².